The van der Waals surface area contributed by atoms with Gasteiger partial charge in [-0.05, 0) is 19.4 Å². The second-order valence-corrected chi connectivity index (χ2v) is 3.88. The van der Waals surface area contributed by atoms with Gasteiger partial charge in [-0.15, -0.1) is 0 Å². The van der Waals surface area contributed by atoms with E-state index in [-0.39, 0.29) is 18.1 Å². The zero-order valence-electron chi connectivity index (χ0n) is 9.94. The van der Waals surface area contributed by atoms with E-state index in [0.717, 1.165) is 0 Å². The number of ether oxygens (including phenoxy) is 2. The molecule has 17 heavy (non-hydrogen) atoms. The quantitative estimate of drug-likeness (QED) is 0.706. The molecular weight excluding hydrogens is 224 g/mol. The molecule has 1 unspecified atom stereocenters. The number of allylic oxidation sites excluding steroid dienone is 2. The Labute approximate surface area is 99.2 Å². The van der Waals surface area contributed by atoms with Gasteiger partial charge < -0.3 is 14.8 Å². The average Bonchev–Trinajstić information content (AvgIpc) is 2.26. The fraction of sp³-hybridized carbons (Fsp3) is 0.545. The lowest BCUT2D eigenvalue weighted by Gasteiger charge is -2.38. The van der Waals surface area contributed by atoms with Gasteiger partial charge in [0, 0.05) is 6.92 Å². The molecule has 92 valence electrons. The second kappa shape index (κ2) is 4.87. The number of rotatable bonds is 2. The average molecular weight is 238 g/mol. The van der Waals surface area contributed by atoms with Crippen LogP contribution in [0.5, 0.6) is 0 Å². The summed E-state index contributed by atoms with van der Waals surface area (Å²) >= 11 is 0. The number of nitrogens with zero attached hydrogens (tertiary/aromatic N) is 1. The Morgan fingerprint density at radius 2 is 2.35 bits per heavy atom. The summed E-state index contributed by atoms with van der Waals surface area (Å²) in [6, 6.07) is 1.85. The van der Waals surface area contributed by atoms with E-state index < -0.39 is 17.6 Å². The highest BCUT2D eigenvalue weighted by Gasteiger charge is 2.45. The molecule has 0 bridgehead atoms. The maximum absolute atomic E-state index is 11.6. The van der Waals surface area contributed by atoms with Crippen LogP contribution in [0, 0.1) is 17.2 Å². The van der Waals surface area contributed by atoms with Gasteiger partial charge in [0.15, 0.2) is 11.5 Å². The molecule has 1 aliphatic rings. The Kier molecular flexibility index (Phi) is 3.73. The molecule has 0 aromatic carbocycles. The molecule has 1 aliphatic heterocycles. The van der Waals surface area contributed by atoms with Gasteiger partial charge in [0.25, 0.3) is 0 Å². The van der Waals surface area contributed by atoms with Gasteiger partial charge in [-0.2, -0.15) is 5.26 Å². The summed E-state index contributed by atoms with van der Waals surface area (Å²) in [6.07, 6.45) is 1.79. The fourth-order valence-corrected chi connectivity index (χ4v) is 1.78. The summed E-state index contributed by atoms with van der Waals surface area (Å²) in [7, 11) is 1.26. The number of esters is 1. The topological polar surface area (TPSA) is 88.4 Å². The molecule has 0 fully saturated rings. The minimum atomic E-state index is -1.25. The monoisotopic (exact) mass is 238 g/mol. The van der Waals surface area contributed by atoms with E-state index in [4.69, 9.17) is 10.00 Å². The standard InChI is InChI=1S/C11H14N2O4/c1-7(14)13-11(2)9(10(15)16-3)5-4-8(6-12)17-11/h4,9H,5H2,1-3H3,(H,13,14)/t9?,11-/m0/s1. The van der Waals surface area contributed by atoms with Crippen LogP contribution in [0.1, 0.15) is 20.3 Å². The summed E-state index contributed by atoms with van der Waals surface area (Å²) in [4.78, 5) is 22.7. The first-order chi connectivity index (χ1) is 7.92. The number of nitriles is 1. The summed E-state index contributed by atoms with van der Waals surface area (Å²) in [5, 5.41) is 11.3. The Morgan fingerprint density at radius 3 is 2.82 bits per heavy atom. The molecule has 0 radical (unpaired) electrons. The molecule has 0 saturated carbocycles. The molecular formula is C11H14N2O4. The first kappa shape index (κ1) is 13.0. The van der Waals surface area contributed by atoms with Gasteiger partial charge in [0.1, 0.15) is 12.0 Å². The first-order valence-electron chi connectivity index (χ1n) is 5.08. The van der Waals surface area contributed by atoms with E-state index in [9.17, 15) is 9.59 Å². The van der Waals surface area contributed by atoms with Crippen molar-refractivity contribution in [2.24, 2.45) is 5.92 Å². The number of methoxy groups -OCH3 is 1. The molecule has 1 amide bonds. The third-order valence-electron chi connectivity index (χ3n) is 2.55. The summed E-state index contributed by atoms with van der Waals surface area (Å²) in [6.45, 7) is 2.85. The van der Waals surface area contributed by atoms with Gasteiger partial charge in [-0.25, -0.2) is 0 Å². The van der Waals surface area contributed by atoms with Crippen molar-refractivity contribution in [2.45, 2.75) is 26.0 Å². The van der Waals surface area contributed by atoms with Crippen molar-refractivity contribution in [1.29, 1.82) is 5.26 Å². The van der Waals surface area contributed by atoms with Crippen molar-refractivity contribution < 1.29 is 19.1 Å². The van der Waals surface area contributed by atoms with Crippen LogP contribution in [-0.2, 0) is 19.1 Å². The van der Waals surface area contributed by atoms with Gasteiger partial charge in [0.2, 0.25) is 5.91 Å². The van der Waals surface area contributed by atoms with Crippen molar-refractivity contribution in [2.75, 3.05) is 7.11 Å². The largest absolute Gasteiger partial charge is 0.469 e. The summed E-state index contributed by atoms with van der Waals surface area (Å²) in [5.41, 5.74) is -1.25. The zero-order chi connectivity index (χ0) is 13.1. The molecule has 2 atom stereocenters. The van der Waals surface area contributed by atoms with E-state index in [1.54, 1.807) is 6.92 Å². The van der Waals surface area contributed by atoms with Crippen molar-refractivity contribution >= 4 is 11.9 Å². The lowest BCUT2D eigenvalue weighted by molar-refractivity contribution is -0.162. The molecule has 0 spiro atoms. The van der Waals surface area contributed by atoms with Crippen LogP contribution in [-0.4, -0.2) is 24.7 Å². The number of hydrogen-bond acceptors (Lipinski definition) is 5. The lowest BCUT2D eigenvalue weighted by Crippen LogP contribution is -2.56. The van der Waals surface area contributed by atoms with Gasteiger partial charge in [0.05, 0.1) is 7.11 Å². The molecule has 0 saturated heterocycles. The number of carbonyl (C=O) groups is 2. The fourth-order valence-electron chi connectivity index (χ4n) is 1.78. The summed E-state index contributed by atoms with van der Waals surface area (Å²) in [5.74, 6) is -1.43. The highest BCUT2D eigenvalue weighted by molar-refractivity contribution is 5.78. The first-order valence-corrected chi connectivity index (χ1v) is 5.08. The van der Waals surface area contributed by atoms with E-state index in [0.29, 0.717) is 0 Å². The molecule has 1 rings (SSSR count). The Hall–Kier alpha value is -2.03. The number of hydrogen-bond donors (Lipinski definition) is 1. The Balaban J connectivity index is 3.02. The van der Waals surface area contributed by atoms with E-state index >= 15 is 0 Å². The van der Waals surface area contributed by atoms with Gasteiger partial charge in [-0.1, -0.05) is 0 Å². The molecule has 1 N–H and O–H groups in total. The summed E-state index contributed by atoms with van der Waals surface area (Å²) < 4.78 is 9.99. The van der Waals surface area contributed by atoms with Crippen LogP contribution in [0.2, 0.25) is 0 Å². The third-order valence-corrected chi connectivity index (χ3v) is 2.55. The smallest absolute Gasteiger partial charge is 0.315 e. The van der Waals surface area contributed by atoms with Crippen LogP contribution in [0.3, 0.4) is 0 Å². The maximum atomic E-state index is 11.6. The molecule has 0 aromatic rings. The van der Waals surface area contributed by atoms with Gasteiger partial charge in [-0.3, -0.25) is 9.59 Å². The molecule has 0 aliphatic carbocycles. The van der Waals surface area contributed by atoms with E-state index in [2.05, 4.69) is 10.1 Å². The van der Waals surface area contributed by atoms with Crippen molar-refractivity contribution in [3.05, 3.63) is 11.8 Å². The highest BCUT2D eigenvalue weighted by atomic mass is 16.5. The van der Waals surface area contributed by atoms with Crippen molar-refractivity contribution in [1.82, 2.24) is 5.32 Å². The van der Waals surface area contributed by atoms with Crippen LogP contribution in [0.15, 0.2) is 11.8 Å². The van der Waals surface area contributed by atoms with E-state index in [1.165, 1.54) is 20.1 Å². The second-order valence-electron chi connectivity index (χ2n) is 3.88. The van der Waals surface area contributed by atoms with Crippen molar-refractivity contribution in [3.8, 4) is 6.07 Å². The molecule has 6 heteroatoms. The third kappa shape index (κ3) is 2.75. The Morgan fingerprint density at radius 1 is 1.71 bits per heavy atom. The predicted octanol–water partition coefficient (Wildman–Crippen LogP) is 0.456. The van der Waals surface area contributed by atoms with Crippen LogP contribution in [0.4, 0.5) is 0 Å². The highest BCUT2D eigenvalue weighted by Crippen LogP contribution is 2.31. The van der Waals surface area contributed by atoms with E-state index in [1.807, 2.05) is 6.07 Å². The minimum absolute atomic E-state index is 0.0846. The predicted molar refractivity (Wildman–Crippen MR) is 57.1 cm³/mol. The van der Waals surface area contributed by atoms with Gasteiger partial charge >= 0.3 is 5.97 Å². The SMILES string of the molecule is COC(=O)C1CC=C(C#N)O[C@]1(C)NC(C)=O. The Bertz CT molecular complexity index is 410. The number of carbonyl (C=O) groups excluding carboxylic acids is 2. The van der Waals surface area contributed by atoms with Crippen LogP contribution in [0.25, 0.3) is 0 Å². The number of amides is 1. The van der Waals surface area contributed by atoms with Crippen LogP contribution >= 0.6 is 0 Å². The minimum Gasteiger partial charge on any atom is -0.469 e. The van der Waals surface area contributed by atoms with Crippen LogP contribution < -0.4 is 5.32 Å². The number of nitrogens with one attached hydrogen (secondary N) is 1. The van der Waals surface area contributed by atoms with Crippen molar-refractivity contribution in [3.63, 3.8) is 0 Å². The zero-order valence-corrected chi connectivity index (χ0v) is 9.94. The normalized spacial score (nSPS) is 27.2. The lowest BCUT2D eigenvalue weighted by atomic mass is 9.90. The molecule has 1 heterocycles. The molecule has 0 aromatic heterocycles. The molecule has 6 nitrogen and oxygen atoms in total. The maximum Gasteiger partial charge on any atom is 0.315 e.